The van der Waals surface area contributed by atoms with Crippen molar-refractivity contribution in [3.05, 3.63) is 83.9 Å². The molecule has 0 bridgehead atoms. The third-order valence-electron chi connectivity index (χ3n) is 5.28. The van der Waals surface area contributed by atoms with E-state index in [4.69, 9.17) is 9.72 Å². The molecule has 29 heavy (non-hydrogen) atoms. The van der Waals surface area contributed by atoms with Crippen molar-refractivity contribution in [2.45, 2.75) is 13.3 Å². The van der Waals surface area contributed by atoms with Gasteiger partial charge < -0.3 is 4.74 Å². The quantitative estimate of drug-likeness (QED) is 0.455. The van der Waals surface area contributed by atoms with E-state index >= 15 is 0 Å². The Kier molecular flexibility index (Phi) is 4.52. The van der Waals surface area contributed by atoms with Crippen molar-refractivity contribution < 1.29 is 9.53 Å². The minimum Gasteiger partial charge on any atom is -0.492 e. The third kappa shape index (κ3) is 3.28. The van der Waals surface area contributed by atoms with E-state index in [1.807, 2.05) is 79.7 Å². The Labute approximate surface area is 173 Å². The Balaban J connectivity index is 1.57. The van der Waals surface area contributed by atoms with Crippen LogP contribution in [0, 0.1) is 12.8 Å². The van der Waals surface area contributed by atoms with Gasteiger partial charge in [0.1, 0.15) is 12.4 Å². The lowest BCUT2D eigenvalue weighted by Crippen LogP contribution is -2.38. The van der Waals surface area contributed by atoms with Crippen LogP contribution in [0.25, 0.3) is 10.2 Å². The van der Waals surface area contributed by atoms with Crippen LogP contribution in [0.5, 0.6) is 5.75 Å². The lowest BCUT2D eigenvalue weighted by molar-refractivity contribution is -0.122. The molecule has 1 aliphatic heterocycles. The van der Waals surface area contributed by atoms with E-state index in [-0.39, 0.29) is 11.8 Å². The van der Waals surface area contributed by atoms with E-state index in [1.165, 1.54) is 0 Å². The van der Waals surface area contributed by atoms with Crippen molar-refractivity contribution in [1.29, 1.82) is 0 Å². The molecule has 0 radical (unpaired) electrons. The zero-order valence-corrected chi connectivity index (χ0v) is 16.9. The average Bonchev–Trinajstić information content (AvgIpc) is 3.18. The van der Waals surface area contributed by atoms with Crippen LogP contribution < -0.4 is 9.64 Å². The van der Waals surface area contributed by atoms with Gasteiger partial charge in [0.15, 0.2) is 5.13 Å². The fourth-order valence-electron chi connectivity index (χ4n) is 3.76. The van der Waals surface area contributed by atoms with Crippen LogP contribution in [0.4, 0.5) is 10.8 Å². The fourth-order valence-corrected chi connectivity index (χ4v) is 4.74. The summed E-state index contributed by atoms with van der Waals surface area (Å²) in [5.74, 6) is 0.642. The molecule has 1 atom stereocenters. The number of ether oxygens (including phenoxy) is 1. The largest absolute Gasteiger partial charge is 0.492 e. The number of nitrogens with zero attached hydrogens (tertiary/aromatic N) is 2. The number of aromatic nitrogens is 1. The lowest BCUT2D eigenvalue weighted by Gasteiger charge is -2.29. The predicted molar refractivity (Wildman–Crippen MR) is 117 cm³/mol. The minimum absolute atomic E-state index is 0.0212. The van der Waals surface area contributed by atoms with Gasteiger partial charge in [-0.2, -0.15) is 0 Å². The second kappa shape index (κ2) is 7.33. The predicted octanol–water partition coefficient (Wildman–Crippen LogP) is 5.52. The number of carbonyl (C=O) groups is 1. The molecule has 0 spiro atoms. The molecule has 1 unspecified atom stereocenters. The van der Waals surface area contributed by atoms with E-state index < -0.39 is 0 Å². The van der Waals surface area contributed by atoms with E-state index in [0.717, 1.165) is 32.8 Å². The Bertz CT molecular complexity index is 1170. The molecule has 1 amide bonds. The van der Waals surface area contributed by atoms with Gasteiger partial charge in [0.2, 0.25) is 5.91 Å². The smallest absolute Gasteiger partial charge is 0.240 e. The Morgan fingerprint density at radius 1 is 1.03 bits per heavy atom. The normalized spacial score (nSPS) is 15.6. The number of fused-ring (bicyclic) bond motifs is 2. The van der Waals surface area contributed by atoms with Crippen LogP contribution in [0.1, 0.15) is 11.1 Å². The second-order valence-corrected chi connectivity index (χ2v) is 8.25. The van der Waals surface area contributed by atoms with Gasteiger partial charge in [-0.1, -0.05) is 59.9 Å². The molecule has 4 aromatic rings. The molecular formula is C24H20N2O2S. The van der Waals surface area contributed by atoms with E-state index in [1.54, 1.807) is 16.2 Å². The van der Waals surface area contributed by atoms with Crippen molar-refractivity contribution in [2.75, 3.05) is 11.5 Å². The van der Waals surface area contributed by atoms with Crippen LogP contribution >= 0.6 is 11.3 Å². The Morgan fingerprint density at radius 2 is 1.79 bits per heavy atom. The Morgan fingerprint density at radius 3 is 2.66 bits per heavy atom. The topological polar surface area (TPSA) is 42.4 Å². The first-order valence-corrected chi connectivity index (χ1v) is 10.5. The molecule has 2 heterocycles. The molecule has 5 heteroatoms. The molecule has 5 rings (SSSR count). The summed E-state index contributed by atoms with van der Waals surface area (Å²) in [7, 11) is 0. The van der Waals surface area contributed by atoms with Crippen LogP contribution in [0.2, 0.25) is 0 Å². The maximum absolute atomic E-state index is 13.8. The van der Waals surface area contributed by atoms with E-state index in [0.29, 0.717) is 18.2 Å². The highest BCUT2D eigenvalue weighted by Crippen LogP contribution is 2.37. The summed E-state index contributed by atoms with van der Waals surface area (Å²) in [6.45, 7) is 2.40. The Hall–Kier alpha value is -3.18. The van der Waals surface area contributed by atoms with Crippen LogP contribution in [-0.4, -0.2) is 17.5 Å². The van der Waals surface area contributed by atoms with Gasteiger partial charge in [0.05, 0.1) is 21.8 Å². The van der Waals surface area contributed by atoms with Gasteiger partial charge in [-0.25, -0.2) is 4.98 Å². The summed E-state index contributed by atoms with van der Waals surface area (Å²) in [4.78, 5) is 20.3. The molecule has 4 nitrogen and oxygen atoms in total. The molecule has 0 saturated carbocycles. The number of para-hydroxylation sites is 3. The summed E-state index contributed by atoms with van der Waals surface area (Å²) in [5.41, 5.74) is 3.89. The molecule has 1 aliphatic rings. The van der Waals surface area contributed by atoms with E-state index in [2.05, 4.69) is 0 Å². The molecule has 0 saturated heterocycles. The number of benzene rings is 3. The molecule has 0 fully saturated rings. The first kappa shape index (κ1) is 17.9. The first-order valence-electron chi connectivity index (χ1n) is 9.66. The van der Waals surface area contributed by atoms with Crippen LogP contribution in [0.15, 0.2) is 72.8 Å². The average molecular weight is 401 g/mol. The highest BCUT2D eigenvalue weighted by Gasteiger charge is 2.33. The second-order valence-electron chi connectivity index (χ2n) is 7.24. The standard InChI is InChI=1S/C24H20N2O2S/c1-16-8-2-5-11-20(16)26(24-25-19-10-4-7-13-22(19)29-24)23(27)18-14-17-9-3-6-12-21(17)28-15-18/h2-13,18H,14-15H2,1H3. The molecule has 0 aliphatic carbocycles. The highest BCUT2D eigenvalue weighted by atomic mass is 32.1. The number of hydrogen-bond donors (Lipinski definition) is 0. The van der Waals surface area contributed by atoms with Gasteiger partial charge in [0.25, 0.3) is 0 Å². The molecule has 0 N–H and O–H groups in total. The fraction of sp³-hybridized carbons (Fsp3) is 0.167. The number of hydrogen-bond acceptors (Lipinski definition) is 4. The van der Waals surface area contributed by atoms with Crippen molar-refractivity contribution >= 4 is 38.3 Å². The van der Waals surface area contributed by atoms with Crippen LogP contribution in [-0.2, 0) is 11.2 Å². The maximum Gasteiger partial charge on any atom is 0.240 e. The summed E-state index contributed by atoms with van der Waals surface area (Å²) in [6.07, 6.45) is 0.669. The molecule has 3 aromatic carbocycles. The van der Waals surface area contributed by atoms with Gasteiger partial charge in [-0.05, 0) is 48.7 Å². The van der Waals surface area contributed by atoms with E-state index in [9.17, 15) is 4.79 Å². The number of thiazole rings is 1. The van der Waals surface area contributed by atoms with Gasteiger partial charge in [-0.3, -0.25) is 9.69 Å². The van der Waals surface area contributed by atoms with Crippen molar-refractivity contribution in [3.63, 3.8) is 0 Å². The molecular weight excluding hydrogens is 380 g/mol. The number of amides is 1. The lowest BCUT2D eigenvalue weighted by atomic mass is 9.95. The first-order chi connectivity index (χ1) is 14.2. The number of carbonyl (C=O) groups excluding carboxylic acids is 1. The summed E-state index contributed by atoms with van der Waals surface area (Å²) >= 11 is 1.54. The molecule has 1 aromatic heterocycles. The van der Waals surface area contributed by atoms with Gasteiger partial charge in [0, 0.05) is 0 Å². The van der Waals surface area contributed by atoms with Gasteiger partial charge in [-0.15, -0.1) is 0 Å². The number of aryl methyl sites for hydroxylation is 1. The maximum atomic E-state index is 13.8. The minimum atomic E-state index is -0.253. The SMILES string of the molecule is Cc1ccccc1N(C(=O)C1COc2ccccc2C1)c1nc2ccccc2s1. The zero-order valence-electron chi connectivity index (χ0n) is 16.0. The summed E-state index contributed by atoms with van der Waals surface area (Å²) in [5, 5.41) is 0.698. The number of anilines is 2. The van der Waals surface area contributed by atoms with Crippen LogP contribution in [0.3, 0.4) is 0 Å². The van der Waals surface area contributed by atoms with Crippen molar-refractivity contribution in [2.24, 2.45) is 5.92 Å². The highest BCUT2D eigenvalue weighted by molar-refractivity contribution is 7.22. The number of rotatable bonds is 3. The summed E-state index contributed by atoms with van der Waals surface area (Å²) in [6, 6.07) is 23.9. The zero-order chi connectivity index (χ0) is 19.8. The third-order valence-corrected chi connectivity index (χ3v) is 6.30. The monoisotopic (exact) mass is 400 g/mol. The summed E-state index contributed by atoms with van der Waals surface area (Å²) < 4.78 is 6.97. The van der Waals surface area contributed by atoms with Crippen molar-refractivity contribution in [3.8, 4) is 5.75 Å². The van der Waals surface area contributed by atoms with Gasteiger partial charge >= 0.3 is 0 Å². The van der Waals surface area contributed by atoms with Crippen molar-refractivity contribution in [1.82, 2.24) is 4.98 Å². The molecule has 144 valence electrons.